The van der Waals surface area contributed by atoms with Crippen molar-refractivity contribution in [2.45, 2.75) is 63.3 Å². The van der Waals surface area contributed by atoms with Crippen molar-refractivity contribution in [2.75, 3.05) is 6.54 Å². The fourth-order valence-corrected chi connectivity index (χ4v) is 4.29. The van der Waals surface area contributed by atoms with E-state index in [9.17, 15) is 0 Å². The van der Waals surface area contributed by atoms with Gasteiger partial charge >= 0.3 is 0 Å². The van der Waals surface area contributed by atoms with Crippen LogP contribution in [0.5, 0.6) is 0 Å². The van der Waals surface area contributed by atoms with Crippen molar-refractivity contribution in [2.24, 2.45) is 11.3 Å². The van der Waals surface area contributed by atoms with E-state index in [-0.39, 0.29) is 0 Å². The molecule has 0 unspecified atom stereocenters. The molecule has 0 atom stereocenters. The predicted octanol–water partition coefficient (Wildman–Crippen LogP) is 4.49. The molecule has 108 valence electrons. The second-order valence-electron chi connectivity index (χ2n) is 7.48. The summed E-state index contributed by atoms with van der Waals surface area (Å²) in [5.41, 5.74) is 2.32. The lowest BCUT2D eigenvalue weighted by molar-refractivity contribution is 0.304. The second kappa shape index (κ2) is 5.18. The van der Waals surface area contributed by atoms with Gasteiger partial charge in [-0.15, -0.1) is 0 Å². The molecule has 1 aromatic carbocycles. The molecule has 0 aromatic heterocycles. The summed E-state index contributed by atoms with van der Waals surface area (Å²) in [6.07, 6.45) is 11.5. The van der Waals surface area contributed by atoms with Gasteiger partial charge in [0.1, 0.15) is 0 Å². The summed E-state index contributed by atoms with van der Waals surface area (Å²) in [4.78, 5) is 0. The van der Waals surface area contributed by atoms with E-state index >= 15 is 0 Å². The van der Waals surface area contributed by atoms with Crippen molar-refractivity contribution in [3.63, 3.8) is 0 Å². The summed E-state index contributed by atoms with van der Waals surface area (Å²) in [7, 11) is 0. The molecule has 20 heavy (non-hydrogen) atoms. The second-order valence-corrected chi connectivity index (χ2v) is 7.48. The Morgan fingerprint density at radius 2 is 1.60 bits per heavy atom. The molecule has 4 rings (SSSR count). The normalized spacial score (nSPS) is 32.0. The highest BCUT2D eigenvalue weighted by atomic mass is 14.9. The summed E-state index contributed by atoms with van der Waals surface area (Å²) >= 11 is 0. The van der Waals surface area contributed by atoms with Gasteiger partial charge in [0.2, 0.25) is 0 Å². The Bertz CT molecular complexity index is 436. The van der Waals surface area contributed by atoms with Crippen LogP contribution in [0, 0.1) is 11.3 Å². The molecule has 1 aromatic rings. The fourth-order valence-electron chi connectivity index (χ4n) is 4.29. The van der Waals surface area contributed by atoms with Crippen LogP contribution in [-0.4, -0.2) is 12.6 Å². The SMILES string of the molecule is c1ccc(C2CCC(NCC3(C4CC4)CC3)CC2)cc1. The Balaban J connectivity index is 1.25. The molecule has 3 aliphatic rings. The maximum absolute atomic E-state index is 3.92. The zero-order valence-electron chi connectivity index (χ0n) is 12.5. The summed E-state index contributed by atoms with van der Waals surface area (Å²) in [6, 6.07) is 11.9. The molecule has 3 aliphatic carbocycles. The lowest BCUT2D eigenvalue weighted by Gasteiger charge is -2.31. The molecule has 0 saturated heterocycles. The average molecular weight is 269 g/mol. The zero-order valence-corrected chi connectivity index (χ0v) is 12.5. The number of hydrogen-bond acceptors (Lipinski definition) is 1. The van der Waals surface area contributed by atoms with E-state index in [1.807, 2.05) is 0 Å². The lowest BCUT2D eigenvalue weighted by Crippen LogP contribution is -2.37. The molecular formula is C19H27N. The van der Waals surface area contributed by atoms with E-state index in [2.05, 4.69) is 35.6 Å². The van der Waals surface area contributed by atoms with Crippen LogP contribution in [0.4, 0.5) is 0 Å². The Labute approximate surface area is 123 Å². The van der Waals surface area contributed by atoms with Gasteiger partial charge < -0.3 is 5.32 Å². The molecule has 0 spiro atoms. The maximum Gasteiger partial charge on any atom is 0.00677 e. The van der Waals surface area contributed by atoms with Crippen molar-refractivity contribution in [1.82, 2.24) is 5.32 Å². The van der Waals surface area contributed by atoms with Gasteiger partial charge in [-0.1, -0.05) is 30.3 Å². The van der Waals surface area contributed by atoms with Gasteiger partial charge in [0, 0.05) is 12.6 Å². The Morgan fingerprint density at radius 3 is 2.20 bits per heavy atom. The molecule has 0 bridgehead atoms. The van der Waals surface area contributed by atoms with Crippen molar-refractivity contribution < 1.29 is 0 Å². The van der Waals surface area contributed by atoms with Crippen molar-refractivity contribution in [3.8, 4) is 0 Å². The summed E-state index contributed by atoms with van der Waals surface area (Å²) in [5.74, 6) is 1.91. The van der Waals surface area contributed by atoms with Gasteiger partial charge in [-0.2, -0.15) is 0 Å². The number of rotatable bonds is 5. The zero-order chi connectivity index (χ0) is 13.4. The van der Waals surface area contributed by atoms with E-state index in [1.54, 1.807) is 5.56 Å². The maximum atomic E-state index is 3.92. The van der Waals surface area contributed by atoms with Crippen LogP contribution < -0.4 is 5.32 Å². The van der Waals surface area contributed by atoms with Crippen molar-refractivity contribution in [1.29, 1.82) is 0 Å². The molecular weight excluding hydrogens is 242 g/mol. The minimum absolute atomic E-state index is 0.760. The first kappa shape index (κ1) is 12.9. The van der Waals surface area contributed by atoms with Gasteiger partial charge in [-0.3, -0.25) is 0 Å². The van der Waals surface area contributed by atoms with Crippen molar-refractivity contribution in [3.05, 3.63) is 35.9 Å². The number of benzene rings is 1. The van der Waals surface area contributed by atoms with E-state index in [0.29, 0.717) is 0 Å². The summed E-state index contributed by atoms with van der Waals surface area (Å²) in [5, 5.41) is 3.92. The average Bonchev–Trinajstić information content (AvgIpc) is 3.40. The van der Waals surface area contributed by atoms with E-state index in [0.717, 1.165) is 23.3 Å². The smallest absolute Gasteiger partial charge is 0.00677 e. The largest absolute Gasteiger partial charge is 0.313 e. The fraction of sp³-hybridized carbons (Fsp3) is 0.684. The third-order valence-corrected chi connectivity index (χ3v) is 6.08. The quantitative estimate of drug-likeness (QED) is 0.830. The molecule has 3 saturated carbocycles. The monoisotopic (exact) mass is 269 g/mol. The molecule has 0 amide bonds. The van der Waals surface area contributed by atoms with Crippen LogP contribution in [0.3, 0.4) is 0 Å². The third-order valence-electron chi connectivity index (χ3n) is 6.08. The minimum atomic E-state index is 0.760. The van der Waals surface area contributed by atoms with Crippen LogP contribution >= 0.6 is 0 Å². The Morgan fingerprint density at radius 1 is 0.900 bits per heavy atom. The topological polar surface area (TPSA) is 12.0 Å². The molecule has 0 aliphatic heterocycles. The van der Waals surface area contributed by atoms with Gasteiger partial charge in [0.05, 0.1) is 0 Å². The molecule has 0 radical (unpaired) electrons. The van der Waals surface area contributed by atoms with Crippen LogP contribution in [0.1, 0.15) is 62.8 Å². The number of nitrogens with one attached hydrogen (secondary N) is 1. The standard InChI is InChI=1S/C19H27N/c1-2-4-15(5-3-1)16-6-10-18(11-7-16)20-14-19(12-13-19)17-8-9-17/h1-5,16-18,20H,6-14H2. The highest BCUT2D eigenvalue weighted by molar-refractivity contribution is 5.20. The Kier molecular flexibility index (Phi) is 3.34. The molecule has 1 N–H and O–H groups in total. The highest BCUT2D eigenvalue weighted by Crippen LogP contribution is 2.60. The van der Waals surface area contributed by atoms with Crippen LogP contribution in [0.15, 0.2) is 30.3 Å². The molecule has 3 fully saturated rings. The van der Waals surface area contributed by atoms with E-state index in [4.69, 9.17) is 0 Å². The van der Waals surface area contributed by atoms with Gasteiger partial charge in [0.25, 0.3) is 0 Å². The van der Waals surface area contributed by atoms with Gasteiger partial charge in [0.15, 0.2) is 0 Å². The Hall–Kier alpha value is -0.820. The van der Waals surface area contributed by atoms with Crippen molar-refractivity contribution >= 4 is 0 Å². The number of hydrogen-bond donors (Lipinski definition) is 1. The van der Waals surface area contributed by atoms with E-state index < -0.39 is 0 Å². The highest BCUT2D eigenvalue weighted by Gasteiger charge is 2.53. The minimum Gasteiger partial charge on any atom is -0.313 e. The first-order valence-electron chi connectivity index (χ1n) is 8.64. The molecule has 0 heterocycles. The van der Waals surface area contributed by atoms with Crippen LogP contribution in [-0.2, 0) is 0 Å². The first-order valence-corrected chi connectivity index (χ1v) is 8.64. The first-order chi connectivity index (χ1) is 9.86. The van der Waals surface area contributed by atoms with Gasteiger partial charge in [-0.25, -0.2) is 0 Å². The summed E-state index contributed by atoms with van der Waals surface area (Å²) in [6.45, 7) is 1.32. The van der Waals surface area contributed by atoms with Crippen LogP contribution in [0.2, 0.25) is 0 Å². The van der Waals surface area contributed by atoms with E-state index in [1.165, 1.54) is 57.9 Å². The van der Waals surface area contributed by atoms with Crippen LogP contribution in [0.25, 0.3) is 0 Å². The summed E-state index contributed by atoms with van der Waals surface area (Å²) < 4.78 is 0. The lowest BCUT2D eigenvalue weighted by atomic mass is 9.81. The molecule has 1 nitrogen and oxygen atoms in total. The third kappa shape index (κ3) is 2.65. The molecule has 1 heteroatoms. The predicted molar refractivity (Wildman–Crippen MR) is 83.8 cm³/mol. The van der Waals surface area contributed by atoms with Gasteiger partial charge in [-0.05, 0) is 74.2 Å².